The van der Waals surface area contributed by atoms with Crippen molar-refractivity contribution in [2.75, 3.05) is 31.3 Å². The minimum Gasteiger partial charge on any atom is -0.486 e. The largest absolute Gasteiger partial charge is 0.486 e. The van der Waals surface area contributed by atoms with Crippen molar-refractivity contribution >= 4 is 21.4 Å². The highest BCUT2D eigenvalue weighted by molar-refractivity contribution is 7.91. The number of halogens is 1. The zero-order valence-electron chi connectivity index (χ0n) is 11.6. The number of ether oxygens (including phenoxy) is 2. The van der Waals surface area contributed by atoms with E-state index in [9.17, 15) is 8.42 Å². The molecule has 1 aromatic carbocycles. The van der Waals surface area contributed by atoms with Crippen LogP contribution in [-0.4, -0.2) is 39.7 Å². The lowest BCUT2D eigenvalue weighted by Crippen LogP contribution is -2.23. The van der Waals surface area contributed by atoms with E-state index in [-0.39, 0.29) is 5.92 Å². The molecule has 0 spiro atoms. The SMILES string of the molecule is O=S1(=O)CC[C@@H](CNCc2cc(Cl)c3c(c2)OCCO3)C1. The molecule has 3 rings (SSSR count). The number of benzene rings is 1. The summed E-state index contributed by atoms with van der Waals surface area (Å²) in [5.74, 6) is 2.10. The van der Waals surface area contributed by atoms with Gasteiger partial charge in [-0.3, -0.25) is 0 Å². The Balaban J connectivity index is 1.57. The summed E-state index contributed by atoms with van der Waals surface area (Å²) in [7, 11) is -2.81. The Bertz CT molecular complexity index is 632. The quantitative estimate of drug-likeness (QED) is 0.908. The highest BCUT2D eigenvalue weighted by Gasteiger charge is 2.27. The zero-order valence-corrected chi connectivity index (χ0v) is 13.2. The fourth-order valence-corrected chi connectivity index (χ4v) is 4.87. The number of fused-ring (bicyclic) bond motifs is 1. The van der Waals surface area contributed by atoms with Gasteiger partial charge in [-0.2, -0.15) is 0 Å². The molecule has 0 saturated carbocycles. The molecule has 1 aromatic rings. The van der Waals surface area contributed by atoms with E-state index in [1.165, 1.54) is 0 Å². The third kappa shape index (κ3) is 3.62. The average Bonchev–Trinajstić information content (AvgIpc) is 2.78. The summed E-state index contributed by atoms with van der Waals surface area (Å²) in [6.07, 6.45) is 0.747. The lowest BCUT2D eigenvalue weighted by atomic mass is 10.1. The molecule has 116 valence electrons. The maximum Gasteiger partial charge on any atom is 0.179 e. The topological polar surface area (TPSA) is 64.6 Å². The van der Waals surface area contributed by atoms with Crippen LogP contribution in [0.5, 0.6) is 11.5 Å². The molecule has 0 bridgehead atoms. The predicted molar refractivity (Wildman–Crippen MR) is 80.9 cm³/mol. The summed E-state index contributed by atoms with van der Waals surface area (Å²) >= 11 is 6.18. The normalized spacial score (nSPS) is 23.2. The van der Waals surface area contributed by atoms with E-state index < -0.39 is 9.84 Å². The highest BCUT2D eigenvalue weighted by Crippen LogP contribution is 2.38. The van der Waals surface area contributed by atoms with Crippen molar-refractivity contribution in [2.24, 2.45) is 5.92 Å². The third-order valence-electron chi connectivity index (χ3n) is 3.75. The molecular formula is C14H18ClNO4S. The molecule has 7 heteroatoms. The van der Waals surface area contributed by atoms with Gasteiger partial charge in [-0.05, 0) is 36.6 Å². The number of hydrogen-bond donors (Lipinski definition) is 1. The third-order valence-corrected chi connectivity index (χ3v) is 5.86. The van der Waals surface area contributed by atoms with Crippen LogP contribution >= 0.6 is 11.6 Å². The molecule has 1 N–H and O–H groups in total. The summed E-state index contributed by atoms with van der Waals surface area (Å²) in [5.41, 5.74) is 1.00. The summed E-state index contributed by atoms with van der Waals surface area (Å²) in [6.45, 7) is 2.37. The van der Waals surface area contributed by atoms with Crippen molar-refractivity contribution in [1.29, 1.82) is 0 Å². The van der Waals surface area contributed by atoms with Crippen LogP contribution in [0.2, 0.25) is 5.02 Å². The second kappa shape index (κ2) is 6.02. The van der Waals surface area contributed by atoms with Gasteiger partial charge in [-0.25, -0.2) is 8.42 Å². The van der Waals surface area contributed by atoms with Gasteiger partial charge in [0.25, 0.3) is 0 Å². The molecule has 0 aromatic heterocycles. The van der Waals surface area contributed by atoms with Crippen LogP contribution in [0.3, 0.4) is 0 Å². The molecule has 0 aliphatic carbocycles. The van der Waals surface area contributed by atoms with Crippen molar-refractivity contribution in [2.45, 2.75) is 13.0 Å². The fraction of sp³-hybridized carbons (Fsp3) is 0.571. The van der Waals surface area contributed by atoms with Gasteiger partial charge in [-0.1, -0.05) is 11.6 Å². The molecule has 1 fully saturated rings. The zero-order chi connectivity index (χ0) is 14.9. The van der Waals surface area contributed by atoms with Crippen molar-refractivity contribution in [3.05, 3.63) is 22.7 Å². The molecule has 0 radical (unpaired) electrons. The molecule has 0 unspecified atom stereocenters. The highest BCUT2D eigenvalue weighted by atomic mass is 35.5. The van der Waals surface area contributed by atoms with Crippen LogP contribution in [0.4, 0.5) is 0 Å². The number of sulfone groups is 1. The second-order valence-electron chi connectivity index (χ2n) is 5.50. The summed E-state index contributed by atoms with van der Waals surface area (Å²) < 4.78 is 33.8. The monoisotopic (exact) mass is 331 g/mol. The first-order valence-corrected chi connectivity index (χ1v) is 9.22. The van der Waals surface area contributed by atoms with E-state index in [1.807, 2.05) is 12.1 Å². The van der Waals surface area contributed by atoms with E-state index in [2.05, 4.69) is 5.32 Å². The number of nitrogens with one attached hydrogen (secondary N) is 1. The smallest absolute Gasteiger partial charge is 0.179 e. The van der Waals surface area contributed by atoms with Gasteiger partial charge in [0.05, 0.1) is 16.5 Å². The van der Waals surface area contributed by atoms with Gasteiger partial charge in [0.15, 0.2) is 21.3 Å². The lowest BCUT2D eigenvalue weighted by Gasteiger charge is -2.20. The van der Waals surface area contributed by atoms with Gasteiger partial charge in [0, 0.05) is 6.54 Å². The Morgan fingerprint density at radius 3 is 2.86 bits per heavy atom. The van der Waals surface area contributed by atoms with Crippen LogP contribution in [0, 0.1) is 5.92 Å². The summed E-state index contributed by atoms with van der Waals surface area (Å²) in [4.78, 5) is 0. The molecule has 21 heavy (non-hydrogen) atoms. The van der Waals surface area contributed by atoms with E-state index in [0.29, 0.717) is 54.3 Å². The first-order valence-electron chi connectivity index (χ1n) is 7.03. The van der Waals surface area contributed by atoms with Gasteiger partial charge in [0.2, 0.25) is 0 Å². The molecule has 2 aliphatic rings. The maximum atomic E-state index is 11.4. The van der Waals surface area contributed by atoms with Crippen LogP contribution in [0.15, 0.2) is 12.1 Å². The fourth-order valence-electron chi connectivity index (χ4n) is 2.72. The first-order chi connectivity index (χ1) is 10.0. The number of rotatable bonds is 4. The first kappa shape index (κ1) is 14.9. The molecule has 1 atom stereocenters. The second-order valence-corrected chi connectivity index (χ2v) is 8.14. The van der Waals surface area contributed by atoms with Gasteiger partial charge >= 0.3 is 0 Å². The van der Waals surface area contributed by atoms with E-state index in [4.69, 9.17) is 21.1 Å². The Morgan fingerprint density at radius 1 is 1.29 bits per heavy atom. The molecule has 2 aliphatic heterocycles. The minimum atomic E-state index is -2.81. The standard InChI is InChI=1S/C14H18ClNO4S/c15-12-5-11(6-13-14(12)20-3-2-19-13)8-16-7-10-1-4-21(17,18)9-10/h5-6,10,16H,1-4,7-9H2/t10-/m0/s1. The Morgan fingerprint density at radius 2 is 2.10 bits per heavy atom. The van der Waals surface area contributed by atoms with Gasteiger partial charge in [0.1, 0.15) is 13.2 Å². The summed E-state index contributed by atoms with van der Waals surface area (Å²) in [6, 6.07) is 3.77. The van der Waals surface area contributed by atoms with Gasteiger partial charge in [-0.15, -0.1) is 0 Å². The maximum absolute atomic E-state index is 11.4. The lowest BCUT2D eigenvalue weighted by molar-refractivity contribution is 0.171. The molecule has 5 nitrogen and oxygen atoms in total. The van der Waals surface area contributed by atoms with Crippen molar-refractivity contribution in [1.82, 2.24) is 5.32 Å². The van der Waals surface area contributed by atoms with E-state index in [1.54, 1.807) is 0 Å². The Hall–Kier alpha value is -0.980. The molecule has 1 saturated heterocycles. The van der Waals surface area contributed by atoms with Gasteiger partial charge < -0.3 is 14.8 Å². The van der Waals surface area contributed by atoms with Crippen molar-refractivity contribution < 1.29 is 17.9 Å². The summed E-state index contributed by atoms with van der Waals surface area (Å²) in [5, 5.41) is 3.84. The van der Waals surface area contributed by atoms with Crippen molar-refractivity contribution in [3.63, 3.8) is 0 Å². The molecule has 0 amide bonds. The Labute approximate surface area is 129 Å². The molecule has 2 heterocycles. The van der Waals surface area contributed by atoms with Crippen LogP contribution in [0.25, 0.3) is 0 Å². The van der Waals surface area contributed by atoms with E-state index >= 15 is 0 Å². The van der Waals surface area contributed by atoms with Crippen molar-refractivity contribution in [3.8, 4) is 11.5 Å². The van der Waals surface area contributed by atoms with E-state index in [0.717, 1.165) is 12.0 Å². The van der Waals surface area contributed by atoms with Crippen LogP contribution in [0.1, 0.15) is 12.0 Å². The predicted octanol–water partition coefficient (Wildman–Crippen LogP) is 1.64. The minimum absolute atomic E-state index is 0.211. The Kier molecular flexibility index (Phi) is 4.28. The molecular weight excluding hydrogens is 314 g/mol. The van der Waals surface area contributed by atoms with Crippen LogP contribution in [-0.2, 0) is 16.4 Å². The number of hydrogen-bond acceptors (Lipinski definition) is 5. The average molecular weight is 332 g/mol. The van der Waals surface area contributed by atoms with Crippen LogP contribution < -0.4 is 14.8 Å².